The maximum absolute atomic E-state index is 9.88. The van der Waals surface area contributed by atoms with E-state index < -0.39 is 0 Å². The van der Waals surface area contributed by atoms with E-state index in [1.54, 1.807) is 21.4 Å². The quantitative estimate of drug-likeness (QED) is 0.274. The van der Waals surface area contributed by atoms with Gasteiger partial charge in [-0.15, -0.1) is 16.9 Å². The van der Waals surface area contributed by atoms with Gasteiger partial charge in [-0.1, -0.05) is 41.9 Å². The van der Waals surface area contributed by atoms with Crippen LogP contribution >= 0.6 is 23.4 Å². The monoisotopic (exact) mass is 487 g/mol. The van der Waals surface area contributed by atoms with Crippen molar-refractivity contribution in [3.8, 4) is 23.0 Å². The van der Waals surface area contributed by atoms with E-state index in [1.165, 1.54) is 11.8 Å². The Balaban J connectivity index is 1.51. The summed E-state index contributed by atoms with van der Waals surface area (Å²) in [5.41, 5.74) is 4.21. The number of hydrogen-bond donors (Lipinski definition) is 1. The van der Waals surface area contributed by atoms with Crippen molar-refractivity contribution in [3.05, 3.63) is 76.6 Å². The van der Waals surface area contributed by atoms with E-state index in [4.69, 9.17) is 11.6 Å². The molecule has 0 aliphatic carbocycles. The molecular formula is C23H18ClN9S. The highest BCUT2D eigenvalue weighted by molar-refractivity contribution is 7.98. The van der Waals surface area contributed by atoms with Gasteiger partial charge in [0.15, 0.2) is 0 Å². The Morgan fingerprint density at radius 2 is 1.88 bits per heavy atom. The maximum Gasteiger partial charge on any atom is 0.255 e. The van der Waals surface area contributed by atoms with E-state index >= 15 is 0 Å². The fraction of sp³-hybridized carbons (Fsp3) is 0.130. The van der Waals surface area contributed by atoms with Crippen LogP contribution in [0, 0.1) is 18.3 Å². The van der Waals surface area contributed by atoms with E-state index in [-0.39, 0.29) is 0 Å². The molecule has 0 saturated carbocycles. The molecule has 9 nitrogen and oxygen atoms in total. The molecule has 5 aromatic rings. The standard InChI is InChI=1S/C23H18ClN9S/c1-14-19(30-33(29-14)17-9-4-3-5-10-17)13-26-22-28-23-27-21(34-2)18(12-25)20(32(23)31-22)15-7-6-8-16(24)11-15/h3-11H,13H2,1-2H3,(H,26,31). The number of benzene rings is 2. The van der Waals surface area contributed by atoms with Gasteiger partial charge in [-0.25, -0.2) is 4.98 Å². The highest BCUT2D eigenvalue weighted by atomic mass is 35.5. The van der Waals surface area contributed by atoms with Crippen molar-refractivity contribution in [2.75, 3.05) is 11.6 Å². The van der Waals surface area contributed by atoms with Gasteiger partial charge in [0.1, 0.15) is 22.4 Å². The zero-order chi connectivity index (χ0) is 23.7. The number of thioether (sulfide) groups is 1. The van der Waals surface area contributed by atoms with Crippen molar-refractivity contribution in [2.24, 2.45) is 0 Å². The number of nitriles is 1. The third-order valence-electron chi connectivity index (χ3n) is 5.14. The molecule has 0 atom stereocenters. The number of para-hydroxylation sites is 1. The molecule has 0 aliphatic rings. The van der Waals surface area contributed by atoms with Gasteiger partial charge in [-0.05, 0) is 37.4 Å². The van der Waals surface area contributed by atoms with Crippen LogP contribution in [0.1, 0.15) is 17.0 Å². The molecule has 0 saturated heterocycles. The highest BCUT2D eigenvalue weighted by Crippen LogP contribution is 2.31. The summed E-state index contributed by atoms with van der Waals surface area (Å²) >= 11 is 7.60. The lowest BCUT2D eigenvalue weighted by Gasteiger charge is -2.09. The molecule has 0 unspecified atom stereocenters. The van der Waals surface area contributed by atoms with Crippen molar-refractivity contribution in [2.45, 2.75) is 18.5 Å². The molecule has 0 bridgehead atoms. The van der Waals surface area contributed by atoms with Crippen LogP contribution in [0.3, 0.4) is 0 Å². The number of rotatable bonds is 6. The summed E-state index contributed by atoms with van der Waals surface area (Å²) in [7, 11) is 0. The van der Waals surface area contributed by atoms with Crippen LogP contribution in [0.4, 0.5) is 5.95 Å². The molecule has 1 N–H and O–H groups in total. The summed E-state index contributed by atoms with van der Waals surface area (Å²) in [4.78, 5) is 10.7. The molecule has 168 valence electrons. The molecule has 0 radical (unpaired) electrons. The third kappa shape index (κ3) is 4.07. The first-order valence-corrected chi connectivity index (χ1v) is 11.9. The molecule has 2 aromatic carbocycles. The number of nitrogens with zero attached hydrogens (tertiary/aromatic N) is 8. The molecule has 3 aromatic heterocycles. The van der Waals surface area contributed by atoms with E-state index in [1.807, 2.05) is 55.6 Å². The molecule has 11 heteroatoms. The topological polar surface area (TPSA) is 110 Å². The second kappa shape index (κ2) is 9.13. The van der Waals surface area contributed by atoms with E-state index in [2.05, 4.69) is 36.7 Å². The number of fused-ring (bicyclic) bond motifs is 1. The summed E-state index contributed by atoms with van der Waals surface area (Å²) < 4.78 is 1.57. The van der Waals surface area contributed by atoms with Gasteiger partial charge in [0.05, 0.1) is 23.6 Å². The predicted octanol–water partition coefficient (Wildman–Crippen LogP) is 4.54. The Morgan fingerprint density at radius 1 is 1.06 bits per heavy atom. The number of anilines is 1. The molecule has 3 heterocycles. The summed E-state index contributed by atoms with van der Waals surface area (Å²) in [5.74, 6) is 0.747. The minimum Gasteiger partial charge on any atom is -0.347 e. The molecule has 0 aliphatic heterocycles. The van der Waals surface area contributed by atoms with Crippen molar-refractivity contribution >= 4 is 35.1 Å². The largest absolute Gasteiger partial charge is 0.347 e. The van der Waals surface area contributed by atoms with Crippen molar-refractivity contribution in [1.29, 1.82) is 5.26 Å². The van der Waals surface area contributed by atoms with Gasteiger partial charge < -0.3 is 5.32 Å². The van der Waals surface area contributed by atoms with Crippen LogP contribution in [0.5, 0.6) is 0 Å². The van der Waals surface area contributed by atoms with Gasteiger partial charge in [0, 0.05) is 10.6 Å². The van der Waals surface area contributed by atoms with Gasteiger partial charge in [-0.3, -0.25) is 0 Å². The first-order valence-electron chi connectivity index (χ1n) is 10.3. The molecule has 5 rings (SSSR count). The van der Waals surface area contributed by atoms with Gasteiger partial charge in [0.25, 0.3) is 5.78 Å². The molecule has 0 fully saturated rings. The van der Waals surface area contributed by atoms with Crippen LogP contribution in [-0.2, 0) is 6.54 Å². The van der Waals surface area contributed by atoms with E-state index in [9.17, 15) is 5.26 Å². The van der Waals surface area contributed by atoms with Crippen LogP contribution in [-0.4, -0.2) is 40.8 Å². The van der Waals surface area contributed by atoms with Gasteiger partial charge in [-0.2, -0.15) is 29.8 Å². The molecule has 0 amide bonds. The first kappa shape index (κ1) is 21.9. The number of aromatic nitrogens is 7. The minimum atomic E-state index is 0.367. The van der Waals surface area contributed by atoms with Crippen molar-refractivity contribution < 1.29 is 0 Å². The lowest BCUT2D eigenvalue weighted by Crippen LogP contribution is -2.05. The number of nitrogens with one attached hydrogen (secondary N) is 1. The molecule has 0 spiro atoms. The average Bonchev–Trinajstić information content (AvgIpc) is 3.44. The summed E-state index contributed by atoms with van der Waals surface area (Å²) in [6.45, 7) is 2.28. The summed E-state index contributed by atoms with van der Waals surface area (Å²) in [6.07, 6.45) is 1.87. The number of hydrogen-bond acceptors (Lipinski definition) is 8. The SMILES string of the molecule is CSc1nc2nc(NCc3nn(-c4ccccc4)nc3C)nn2c(-c2cccc(Cl)c2)c1C#N. The fourth-order valence-corrected chi connectivity index (χ4v) is 4.23. The van der Waals surface area contributed by atoms with Gasteiger partial charge >= 0.3 is 0 Å². The Kier molecular flexibility index (Phi) is 5.88. The second-order valence-electron chi connectivity index (χ2n) is 7.32. The van der Waals surface area contributed by atoms with E-state index in [0.717, 1.165) is 22.6 Å². The van der Waals surface area contributed by atoms with E-state index in [0.29, 0.717) is 39.6 Å². The van der Waals surface area contributed by atoms with Crippen LogP contribution in [0.15, 0.2) is 59.6 Å². The van der Waals surface area contributed by atoms with Crippen LogP contribution in [0.25, 0.3) is 22.7 Å². The van der Waals surface area contributed by atoms with Crippen LogP contribution < -0.4 is 5.32 Å². The predicted molar refractivity (Wildman–Crippen MR) is 131 cm³/mol. The Morgan fingerprint density at radius 3 is 2.62 bits per heavy atom. The highest BCUT2D eigenvalue weighted by Gasteiger charge is 2.20. The summed E-state index contributed by atoms with van der Waals surface area (Å²) in [5, 5.41) is 27.9. The van der Waals surface area contributed by atoms with Crippen molar-refractivity contribution in [1.82, 2.24) is 34.6 Å². The smallest absolute Gasteiger partial charge is 0.255 e. The molecule has 34 heavy (non-hydrogen) atoms. The first-order chi connectivity index (χ1) is 16.6. The lowest BCUT2D eigenvalue weighted by atomic mass is 10.1. The zero-order valence-corrected chi connectivity index (χ0v) is 19.8. The lowest BCUT2D eigenvalue weighted by molar-refractivity contribution is 0.736. The Bertz CT molecular complexity index is 1540. The van der Waals surface area contributed by atoms with Gasteiger partial charge in [0.2, 0.25) is 5.95 Å². The minimum absolute atomic E-state index is 0.367. The zero-order valence-electron chi connectivity index (χ0n) is 18.3. The van der Waals surface area contributed by atoms with Crippen LogP contribution in [0.2, 0.25) is 5.02 Å². The third-order valence-corrected chi connectivity index (χ3v) is 6.05. The molecular weight excluding hydrogens is 470 g/mol. The number of aryl methyl sites for hydroxylation is 1. The van der Waals surface area contributed by atoms with Crippen molar-refractivity contribution in [3.63, 3.8) is 0 Å². The number of halogens is 1. The fourth-order valence-electron chi connectivity index (χ4n) is 3.52. The average molecular weight is 488 g/mol. The Hall–Kier alpha value is -3.94. The normalized spacial score (nSPS) is 11.0. The second-order valence-corrected chi connectivity index (χ2v) is 8.56. The summed E-state index contributed by atoms with van der Waals surface area (Å²) in [6, 6.07) is 19.3. The Labute approximate surface area is 204 Å². The maximum atomic E-state index is 9.88.